The van der Waals surface area contributed by atoms with Crippen LogP contribution in [-0.2, 0) is 13.1 Å². The van der Waals surface area contributed by atoms with E-state index in [1.807, 2.05) is 13.1 Å². The van der Waals surface area contributed by atoms with Crippen LogP contribution >= 0.6 is 0 Å². The lowest BCUT2D eigenvalue weighted by molar-refractivity contribution is -0.000627. The summed E-state index contributed by atoms with van der Waals surface area (Å²) in [6, 6.07) is 9.15. The Morgan fingerprint density at radius 3 is 2.86 bits per heavy atom. The summed E-state index contributed by atoms with van der Waals surface area (Å²) >= 11 is 0. The highest BCUT2D eigenvalue weighted by Crippen LogP contribution is 2.38. The van der Waals surface area contributed by atoms with E-state index < -0.39 is 6.17 Å². The van der Waals surface area contributed by atoms with Crippen LogP contribution in [0.1, 0.15) is 29.5 Å². The van der Waals surface area contributed by atoms with E-state index in [1.165, 1.54) is 11.1 Å². The highest BCUT2D eigenvalue weighted by molar-refractivity contribution is 5.60. The third-order valence-electron chi connectivity index (χ3n) is 8.20. The summed E-state index contributed by atoms with van der Waals surface area (Å²) in [4.78, 5) is 18.7. The number of aryl methyl sites for hydroxylation is 1. The second-order valence-electron chi connectivity index (χ2n) is 10.8. The molecule has 184 valence electrons. The maximum atomic E-state index is 14.0. The number of hydrogen-bond acceptors (Lipinski definition) is 8. The molecular weight excluding hydrogens is 443 g/mol. The maximum absolute atomic E-state index is 14.0. The molecule has 4 aliphatic heterocycles. The van der Waals surface area contributed by atoms with E-state index in [1.54, 1.807) is 0 Å². The van der Waals surface area contributed by atoms with Crippen molar-refractivity contribution in [3.8, 4) is 6.07 Å². The molecule has 0 spiro atoms. The highest BCUT2D eigenvalue weighted by atomic mass is 19.1. The molecule has 1 aromatic carbocycles. The quantitative estimate of drug-likeness (QED) is 0.706. The topological polar surface area (TPSA) is 74.6 Å². The van der Waals surface area contributed by atoms with Gasteiger partial charge < -0.3 is 10.2 Å². The van der Waals surface area contributed by atoms with E-state index in [-0.39, 0.29) is 11.6 Å². The van der Waals surface area contributed by atoms with Crippen molar-refractivity contribution in [1.82, 2.24) is 24.7 Å². The van der Waals surface area contributed by atoms with Crippen LogP contribution in [0.25, 0.3) is 0 Å². The highest BCUT2D eigenvalue weighted by Gasteiger charge is 2.51. The summed E-state index contributed by atoms with van der Waals surface area (Å²) in [5, 5.41) is 13.0. The van der Waals surface area contributed by atoms with Gasteiger partial charge in [0.2, 0.25) is 5.95 Å². The number of hydrogen-bond donors (Lipinski definition) is 1. The monoisotopic (exact) mass is 476 g/mol. The molecule has 2 atom stereocenters. The zero-order chi connectivity index (χ0) is 24.2. The fourth-order valence-electron chi connectivity index (χ4n) is 6.38. The number of anilines is 3. The molecule has 0 bridgehead atoms. The zero-order valence-electron chi connectivity index (χ0n) is 20.5. The van der Waals surface area contributed by atoms with Crippen molar-refractivity contribution in [2.45, 2.75) is 50.6 Å². The second-order valence-corrected chi connectivity index (χ2v) is 10.8. The van der Waals surface area contributed by atoms with Gasteiger partial charge in [-0.2, -0.15) is 10.2 Å². The first-order valence-corrected chi connectivity index (χ1v) is 12.6. The van der Waals surface area contributed by atoms with E-state index in [0.29, 0.717) is 25.3 Å². The zero-order valence-corrected chi connectivity index (χ0v) is 20.5. The molecule has 0 radical (unpaired) electrons. The molecule has 8 nitrogen and oxygen atoms in total. The normalized spacial score (nSPS) is 26.2. The molecule has 9 heteroatoms. The van der Waals surface area contributed by atoms with Crippen LogP contribution in [0.2, 0.25) is 0 Å². The van der Waals surface area contributed by atoms with Gasteiger partial charge in [-0.3, -0.25) is 14.7 Å². The molecule has 3 saturated heterocycles. The minimum Gasteiger partial charge on any atom is -0.352 e. The van der Waals surface area contributed by atoms with Crippen LogP contribution in [0.15, 0.2) is 24.4 Å². The Morgan fingerprint density at radius 2 is 2.03 bits per heavy atom. The SMILES string of the molecule is Cc1cnc(Nc2ccc3c(c2)CN(C)C3)nc1N1CC(CC#N)(N2CCN3C[C@H](F)C[C@H]3C2)C1. The van der Waals surface area contributed by atoms with Crippen LogP contribution in [0.4, 0.5) is 21.8 Å². The van der Waals surface area contributed by atoms with Gasteiger partial charge in [0.05, 0.1) is 18.0 Å². The molecule has 1 N–H and O–H groups in total. The Kier molecular flexibility index (Phi) is 5.63. The summed E-state index contributed by atoms with van der Waals surface area (Å²) in [6.45, 7) is 8.69. The number of rotatable bonds is 5. The van der Waals surface area contributed by atoms with E-state index in [4.69, 9.17) is 4.98 Å². The van der Waals surface area contributed by atoms with Crippen molar-refractivity contribution < 1.29 is 4.39 Å². The molecule has 0 amide bonds. The van der Waals surface area contributed by atoms with E-state index in [9.17, 15) is 9.65 Å². The van der Waals surface area contributed by atoms with Crippen LogP contribution < -0.4 is 10.2 Å². The second kappa shape index (κ2) is 8.70. The van der Waals surface area contributed by atoms with Gasteiger partial charge in [0.1, 0.15) is 12.0 Å². The minimum absolute atomic E-state index is 0.188. The van der Waals surface area contributed by atoms with Crippen molar-refractivity contribution in [2.24, 2.45) is 0 Å². The molecule has 0 aliphatic carbocycles. The number of fused-ring (bicyclic) bond motifs is 2. The predicted octanol–water partition coefficient (Wildman–Crippen LogP) is 2.67. The molecule has 2 aromatic rings. The van der Waals surface area contributed by atoms with Crippen LogP contribution in [-0.4, -0.2) is 88.7 Å². The summed E-state index contributed by atoms with van der Waals surface area (Å²) in [5.41, 5.74) is 4.55. The third-order valence-corrected chi connectivity index (χ3v) is 8.20. The van der Waals surface area contributed by atoms with Crippen LogP contribution in [0, 0.1) is 18.3 Å². The van der Waals surface area contributed by atoms with E-state index in [2.05, 4.69) is 61.2 Å². The third kappa shape index (κ3) is 4.14. The molecule has 1 aromatic heterocycles. The molecular formula is C26H33FN8. The molecule has 35 heavy (non-hydrogen) atoms. The molecule has 0 saturated carbocycles. The van der Waals surface area contributed by atoms with Gasteiger partial charge in [0, 0.05) is 75.8 Å². The van der Waals surface area contributed by atoms with Gasteiger partial charge in [-0.25, -0.2) is 9.37 Å². The lowest BCUT2D eigenvalue weighted by atomic mass is 9.83. The lowest BCUT2D eigenvalue weighted by Crippen LogP contribution is -2.73. The number of nitrogens with zero attached hydrogens (tertiary/aromatic N) is 7. The number of piperazine rings is 1. The standard InChI is InChI=1S/C26H33FN8/c1-18-11-29-25(30-22-4-3-19-12-32(2)13-20(19)9-22)31-24(18)34-16-26(17-34,5-6-28)35-8-7-33-14-21(27)10-23(33)15-35/h3-4,9,11,21,23H,5,7-8,10,12-17H2,1-2H3,(H,29,30,31)/t21-,23+/m1/s1. The number of alkyl halides is 1. The molecule has 6 rings (SSSR count). The van der Waals surface area contributed by atoms with Gasteiger partial charge in [0.15, 0.2) is 0 Å². The number of benzene rings is 1. The number of nitrogens with one attached hydrogen (secondary N) is 1. The molecule has 4 aliphatic rings. The largest absolute Gasteiger partial charge is 0.352 e. The number of halogens is 1. The van der Waals surface area contributed by atoms with Crippen molar-refractivity contribution in [3.63, 3.8) is 0 Å². The van der Waals surface area contributed by atoms with Gasteiger partial charge >= 0.3 is 0 Å². The number of aromatic nitrogens is 2. The Bertz CT molecular complexity index is 1160. The smallest absolute Gasteiger partial charge is 0.229 e. The summed E-state index contributed by atoms with van der Waals surface area (Å²) in [5.74, 6) is 1.50. The Balaban J connectivity index is 1.16. The van der Waals surface area contributed by atoms with Crippen molar-refractivity contribution in [1.29, 1.82) is 5.26 Å². The first-order valence-electron chi connectivity index (χ1n) is 12.6. The van der Waals surface area contributed by atoms with Crippen molar-refractivity contribution >= 4 is 17.5 Å². The molecule has 5 heterocycles. The lowest BCUT2D eigenvalue weighted by Gasteiger charge is -2.58. The fourth-order valence-corrected chi connectivity index (χ4v) is 6.38. The van der Waals surface area contributed by atoms with Crippen molar-refractivity contribution in [3.05, 3.63) is 41.1 Å². The number of nitriles is 1. The fraction of sp³-hybridized carbons (Fsp3) is 0.577. The van der Waals surface area contributed by atoms with Crippen LogP contribution in [0.5, 0.6) is 0 Å². The molecule has 0 unspecified atom stereocenters. The molecule has 3 fully saturated rings. The average Bonchev–Trinajstić information content (AvgIpc) is 3.37. The van der Waals surface area contributed by atoms with E-state index >= 15 is 0 Å². The predicted molar refractivity (Wildman–Crippen MR) is 133 cm³/mol. The first-order chi connectivity index (χ1) is 16.9. The summed E-state index contributed by atoms with van der Waals surface area (Å²) in [6.07, 6.45) is 2.25. The maximum Gasteiger partial charge on any atom is 0.229 e. The van der Waals surface area contributed by atoms with Gasteiger partial charge in [-0.1, -0.05) is 6.07 Å². The average molecular weight is 477 g/mol. The Hall–Kier alpha value is -2.80. The minimum atomic E-state index is -0.717. The summed E-state index contributed by atoms with van der Waals surface area (Å²) in [7, 11) is 2.13. The van der Waals surface area contributed by atoms with Gasteiger partial charge in [-0.05, 0) is 43.7 Å². The van der Waals surface area contributed by atoms with Crippen LogP contribution in [0.3, 0.4) is 0 Å². The van der Waals surface area contributed by atoms with Crippen molar-refractivity contribution in [2.75, 3.05) is 56.5 Å². The van der Waals surface area contributed by atoms with Gasteiger partial charge in [0.25, 0.3) is 0 Å². The summed E-state index contributed by atoms with van der Waals surface area (Å²) < 4.78 is 14.0. The Morgan fingerprint density at radius 1 is 1.20 bits per heavy atom. The Labute approximate surface area is 206 Å². The van der Waals surface area contributed by atoms with E-state index in [0.717, 1.165) is 62.9 Å². The first kappa shape index (κ1) is 22.7. The van der Waals surface area contributed by atoms with Gasteiger partial charge in [-0.15, -0.1) is 0 Å².